The first-order chi connectivity index (χ1) is 14.2. The molecule has 29 heavy (non-hydrogen) atoms. The number of ether oxygens (including phenoxy) is 2. The Balaban J connectivity index is 1.50. The molecular weight excluding hydrogens is 406 g/mol. The van der Waals surface area contributed by atoms with Gasteiger partial charge in [0.05, 0.1) is 19.8 Å². The number of thiazole rings is 1. The summed E-state index contributed by atoms with van der Waals surface area (Å²) in [4.78, 5) is 17.6. The molecule has 0 radical (unpaired) electrons. The molecule has 1 aromatic heterocycles. The molecule has 1 aliphatic heterocycles. The van der Waals surface area contributed by atoms with Gasteiger partial charge in [0.1, 0.15) is 5.01 Å². The number of para-hydroxylation sites is 1. The van der Waals surface area contributed by atoms with E-state index in [1.165, 1.54) is 23.3 Å². The van der Waals surface area contributed by atoms with Crippen LogP contribution in [-0.4, -0.2) is 25.1 Å². The number of carbonyl (C=O) groups excluding carboxylic acids is 1. The van der Waals surface area contributed by atoms with Gasteiger partial charge in [0.25, 0.3) is 5.91 Å². The monoisotopic (exact) mass is 425 g/mol. The van der Waals surface area contributed by atoms with E-state index in [2.05, 4.69) is 15.0 Å². The second kappa shape index (κ2) is 8.69. The fraction of sp³-hybridized carbons (Fsp3) is 0.143. The number of nitrogens with zero attached hydrogens (tertiary/aromatic N) is 1. The Hall–Kier alpha value is -2.81. The lowest BCUT2D eigenvalue weighted by molar-refractivity contribution is -0.110. The SMILES string of the molecule is COc1cccc(CNSc2ccc3c(c2)/C(=C\c2nccs2)C(=O)N3)c1OC. The Bertz CT molecular complexity index is 1070. The van der Waals surface area contributed by atoms with E-state index in [1.807, 2.05) is 47.9 Å². The molecule has 0 bridgehead atoms. The van der Waals surface area contributed by atoms with Gasteiger partial charge in [-0.05, 0) is 42.3 Å². The van der Waals surface area contributed by atoms with Gasteiger partial charge < -0.3 is 14.8 Å². The van der Waals surface area contributed by atoms with Crippen molar-refractivity contribution in [2.45, 2.75) is 11.4 Å². The van der Waals surface area contributed by atoms with Gasteiger partial charge in [-0.2, -0.15) is 0 Å². The minimum Gasteiger partial charge on any atom is -0.493 e. The van der Waals surface area contributed by atoms with E-state index in [0.29, 0.717) is 17.9 Å². The summed E-state index contributed by atoms with van der Waals surface area (Å²) in [5.74, 6) is 1.32. The zero-order chi connectivity index (χ0) is 20.2. The van der Waals surface area contributed by atoms with Gasteiger partial charge in [-0.15, -0.1) is 11.3 Å². The fourth-order valence-electron chi connectivity index (χ4n) is 3.09. The maximum atomic E-state index is 12.3. The number of hydrogen-bond donors (Lipinski definition) is 2. The zero-order valence-corrected chi connectivity index (χ0v) is 17.5. The van der Waals surface area contributed by atoms with Crippen molar-refractivity contribution in [3.8, 4) is 11.5 Å². The lowest BCUT2D eigenvalue weighted by atomic mass is 10.1. The average molecular weight is 426 g/mol. The smallest absolute Gasteiger partial charge is 0.256 e. The van der Waals surface area contributed by atoms with Crippen LogP contribution in [0.2, 0.25) is 0 Å². The summed E-state index contributed by atoms with van der Waals surface area (Å²) in [5.41, 5.74) is 3.33. The largest absolute Gasteiger partial charge is 0.493 e. The van der Waals surface area contributed by atoms with Gasteiger partial charge in [-0.1, -0.05) is 12.1 Å². The van der Waals surface area contributed by atoms with E-state index in [0.717, 1.165) is 32.5 Å². The molecule has 1 amide bonds. The maximum Gasteiger partial charge on any atom is 0.256 e. The van der Waals surface area contributed by atoms with Crippen LogP contribution in [-0.2, 0) is 11.3 Å². The van der Waals surface area contributed by atoms with E-state index in [4.69, 9.17) is 9.47 Å². The van der Waals surface area contributed by atoms with Gasteiger partial charge in [0.15, 0.2) is 11.5 Å². The molecule has 0 fully saturated rings. The van der Waals surface area contributed by atoms with Crippen molar-refractivity contribution < 1.29 is 14.3 Å². The van der Waals surface area contributed by atoms with Crippen molar-refractivity contribution in [3.05, 3.63) is 64.1 Å². The Morgan fingerprint density at radius 3 is 2.90 bits per heavy atom. The average Bonchev–Trinajstić information content (AvgIpc) is 3.36. The molecule has 0 atom stereocenters. The van der Waals surface area contributed by atoms with Gasteiger partial charge in [0, 0.05) is 39.8 Å². The summed E-state index contributed by atoms with van der Waals surface area (Å²) >= 11 is 3.00. The molecule has 2 heterocycles. The third-order valence-electron chi connectivity index (χ3n) is 4.43. The first-order valence-electron chi connectivity index (χ1n) is 8.86. The minimum absolute atomic E-state index is 0.105. The molecule has 1 aliphatic rings. The predicted molar refractivity (Wildman–Crippen MR) is 117 cm³/mol. The third-order valence-corrected chi connectivity index (χ3v) is 5.93. The van der Waals surface area contributed by atoms with Crippen LogP contribution in [0.1, 0.15) is 16.1 Å². The molecule has 0 saturated carbocycles. The molecule has 6 nitrogen and oxygen atoms in total. The van der Waals surface area contributed by atoms with Gasteiger partial charge in [-0.25, -0.2) is 4.98 Å². The highest BCUT2D eigenvalue weighted by Crippen LogP contribution is 2.36. The Kier molecular flexibility index (Phi) is 5.84. The zero-order valence-electron chi connectivity index (χ0n) is 15.9. The van der Waals surface area contributed by atoms with Crippen LogP contribution in [0.3, 0.4) is 0 Å². The number of carbonyl (C=O) groups is 1. The van der Waals surface area contributed by atoms with Crippen molar-refractivity contribution in [1.82, 2.24) is 9.71 Å². The van der Waals surface area contributed by atoms with E-state index in [9.17, 15) is 4.79 Å². The van der Waals surface area contributed by atoms with E-state index in [-0.39, 0.29) is 5.91 Å². The quantitative estimate of drug-likeness (QED) is 0.430. The Morgan fingerprint density at radius 1 is 1.24 bits per heavy atom. The summed E-state index contributed by atoms with van der Waals surface area (Å²) in [6.45, 7) is 0.598. The van der Waals surface area contributed by atoms with Gasteiger partial charge in [0.2, 0.25) is 0 Å². The maximum absolute atomic E-state index is 12.3. The van der Waals surface area contributed by atoms with E-state index in [1.54, 1.807) is 20.4 Å². The number of fused-ring (bicyclic) bond motifs is 1. The molecule has 148 valence electrons. The Morgan fingerprint density at radius 2 is 2.14 bits per heavy atom. The molecule has 8 heteroatoms. The molecule has 0 aliphatic carbocycles. The van der Waals surface area contributed by atoms with Crippen LogP contribution in [0.15, 0.2) is 52.9 Å². The molecule has 2 N–H and O–H groups in total. The van der Waals surface area contributed by atoms with Crippen LogP contribution >= 0.6 is 23.3 Å². The van der Waals surface area contributed by atoms with Crippen molar-refractivity contribution in [1.29, 1.82) is 0 Å². The van der Waals surface area contributed by atoms with Crippen molar-refractivity contribution >= 4 is 46.5 Å². The highest BCUT2D eigenvalue weighted by molar-refractivity contribution is 7.97. The summed E-state index contributed by atoms with van der Waals surface area (Å²) in [6, 6.07) is 11.7. The normalized spacial score (nSPS) is 14.0. The summed E-state index contributed by atoms with van der Waals surface area (Å²) < 4.78 is 14.2. The molecule has 2 aromatic carbocycles. The summed E-state index contributed by atoms with van der Waals surface area (Å²) in [6.07, 6.45) is 3.56. The number of hydrogen-bond acceptors (Lipinski definition) is 7. The highest BCUT2D eigenvalue weighted by Gasteiger charge is 2.24. The summed E-state index contributed by atoms with van der Waals surface area (Å²) in [5, 5.41) is 5.61. The molecule has 0 spiro atoms. The first-order valence-corrected chi connectivity index (χ1v) is 10.6. The second-order valence-corrected chi connectivity index (χ2v) is 8.06. The van der Waals surface area contributed by atoms with E-state index >= 15 is 0 Å². The fourth-order valence-corrected chi connectivity index (χ4v) is 4.37. The van der Waals surface area contributed by atoms with Crippen molar-refractivity contribution in [3.63, 3.8) is 0 Å². The molecule has 0 unspecified atom stereocenters. The highest BCUT2D eigenvalue weighted by atomic mass is 32.2. The molecule has 0 saturated heterocycles. The standard InChI is InChI=1S/C21H19N3O3S2/c1-26-18-5-3-4-13(20(18)27-2)12-23-29-14-6-7-17-15(10-14)16(21(25)24-17)11-19-22-8-9-28-19/h3-11,23H,12H2,1-2H3,(H,24,25)/b16-11+. The summed E-state index contributed by atoms with van der Waals surface area (Å²) in [7, 11) is 3.26. The number of aromatic nitrogens is 1. The lowest BCUT2D eigenvalue weighted by Crippen LogP contribution is -2.05. The number of benzene rings is 2. The van der Waals surface area contributed by atoms with Crippen LogP contribution in [0, 0.1) is 0 Å². The van der Waals surface area contributed by atoms with Crippen LogP contribution in [0.25, 0.3) is 11.6 Å². The lowest BCUT2D eigenvalue weighted by Gasteiger charge is -2.13. The van der Waals surface area contributed by atoms with Gasteiger partial charge in [-0.3, -0.25) is 9.52 Å². The Labute approximate surface area is 177 Å². The third kappa shape index (κ3) is 4.14. The number of anilines is 1. The molecular formula is C21H19N3O3S2. The van der Waals surface area contributed by atoms with E-state index < -0.39 is 0 Å². The van der Waals surface area contributed by atoms with Gasteiger partial charge >= 0.3 is 0 Å². The minimum atomic E-state index is -0.105. The van der Waals surface area contributed by atoms with Crippen molar-refractivity contribution in [2.75, 3.05) is 19.5 Å². The number of nitrogens with one attached hydrogen (secondary N) is 2. The van der Waals surface area contributed by atoms with Crippen molar-refractivity contribution in [2.24, 2.45) is 0 Å². The van der Waals surface area contributed by atoms with Crippen LogP contribution < -0.4 is 19.5 Å². The number of amides is 1. The van der Waals surface area contributed by atoms with Crippen LogP contribution in [0.5, 0.6) is 11.5 Å². The number of methoxy groups -OCH3 is 2. The second-order valence-electron chi connectivity index (χ2n) is 6.17. The molecule has 4 rings (SSSR count). The predicted octanol–water partition coefficient (Wildman–Crippen LogP) is 4.45. The molecule has 3 aromatic rings. The topological polar surface area (TPSA) is 72.5 Å². The van der Waals surface area contributed by atoms with Crippen LogP contribution in [0.4, 0.5) is 5.69 Å². The number of rotatable bonds is 7. The first kappa shape index (κ1) is 19.5.